The van der Waals surface area contributed by atoms with Gasteiger partial charge in [-0.15, -0.1) is 0 Å². The van der Waals surface area contributed by atoms with E-state index in [0.29, 0.717) is 22.6 Å². The van der Waals surface area contributed by atoms with Crippen LogP contribution in [0.4, 0.5) is 14.6 Å². The molecule has 2 rings (SSSR count). The van der Waals surface area contributed by atoms with Crippen molar-refractivity contribution < 1.29 is 23.0 Å². The maximum atomic E-state index is 12.4. The molecule has 23 heavy (non-hydrogen) atoms. The molecule has 0 unspecified atom stereocenters. The second kappa shape index (κ2) is 7.53. The second-order valence-electron chi connectivity index (χ2n) is 4.66. The van der Waals surface area contributed by atoms with Crippen molar-refractivity contribution in [1.29, 1.82) is 0 Å². The number of benzene rings is 1. The fourth-order valence-electron chi connectivity index (χ4n) is 2.03. The van der Waals surface area contributed by atoms with Crippen molar-refractivity contribution in [2.75, 3.05) is 12.4 Å². The molecule has 0 aliphatic heterocycles. The molecule has 0 amide bonds. The number of nitrogens with one attached hydrogen (secondary N) is 1. The molecule has 1 N–H and O–H groups in total. The molecule has 0 saturated heterocycles. The lowest BCUT2D eigenvalue weighted by atomic mass is 10.2. The molecule has 0 aliphatic carbocycles. The number of rotatable bonds is 6. The van der Waals surface area contributed by atoms with Gasteiger partial charge in [-0.05, 0) is 25.1 Å². The molecule has 0 spiro atoms. The van der Waals surface area contributed by atoms with Crippen LogP contribution in [0, 0.1) is 6.92 Å². The normalized spacial score (nSPS) is 10.5. The predicted octanol–water partition coefficient (Wildman–Crippen LogP) is 3.39. The summed E-state index contributed by atoms with van der Waals surface area (Å²) in [4.78, 5) is 15.7. The van der Waals surface area contributed by atoms with Crippen LogP contribution in [0.15, 0.2) is 36.4 Å². The number of carbonyl (C=O) groups excluding carboxylic acids is 1. The average molecular weight is 322 g/mol. The lowest BCUT2D eigenvalue weighted by Crippen LogP contribution is -2.09. The van der Waals surface area contributed by atoms with Crippen LogP contribution in [0.5, 0.6) is 5.75 Å². The first-order valence-corrected chi connectivity index (χ1v) is 6.84. The van der Waals surface area contributed by atoms with Gasteiger partial charge in [0, 0.05) is 12.1 Å². The maximum absolute atomic E-state index is 12.4. The van der Waals surface area contributed by atoms with Gasteiger partial charge >= 0.3 is 12.6 Å². The van der Waals surface area contributed by atoms with E-state index in [2.05, 4.69) is 19.8 Å². The Balaban J connectivity index is 2.10. The van der Waals surface area contributed by atoms with E-state index in [9.17, 15) is 13.6 Å². The molecule has 1 heterocycles. The van der Waals surface area contributed by atoms with E-state index in [1.165, 1.54) is 13.2 Å². The highest BCUT2D eigenvalue weighted by Gasteiger charge is 2.12. The van der Waals surface area contributed by atoms with Gasteiger partial charge in [-0.25, -0.2) is 9.78 Å². The van der Waals surface area contributed by atoms with E-state index < -0.39 is 12.6 Å². The maximum Gasteiger partial charge on any atom is 0.387 e. The Morgan fingerprint density at radius 1 is 1.26 bits per heavy atom. The van der Waals surface area contributed by atoms with E-state index in [1.807, 2.05) is 0 Å². The molecule has 0 bridgehead atoms. The summed E-state index contributed by atoms with van der Waals surface area (Å²) in [5.41, 5.74) is 1.46. The summed E-state index contributed by atoms with van der Waals surface area (Å²) in [5, 5.41) is 3.01. The number of methoxy groups -OCH3 is 1. The monoisotopic (exact) mass is 322 g/mol. The SMILES string of the molecule is COC(=O)c1ccc(NCc2ccccc2OC(F)F)nc1C. The number of hydrogen-bond acceptors (Lipinski definition) is 5. The number of esters is 1. The van der Waals surface area contributed by atoms with E-state index in [0.717, 1.165) is 0 Å². The number of para-hydroxylation sites is 1. The molecule has 7 heteroatoms. The Kier molecular flexibility index (Phi) is 5.46. The lowest BCUT2D eigenvalue weighted by Gasteiger charge is -2.12. The number of halogens is 2. The molecule has 0 atom stereocenters. The van der Waals surface area contributed by atoms with Gasteiger partial charge in [-0.1, -0.05) is 18.2 Å². The largest absolute Gasteiger partial charge is 0.465 e. The van der Waals surface area contributed by atoms with Crippen molar-refractivity contribution in [3.8, 4) is 5.75 Å². The molecule has 0 aliphatic rings. The van der Waals surface area contributed by atoms with Gasteiger partial charge in [0.15, 0.2) is 0 Å². The van der Waals surface area contributed by atoms with Crippen LogP contribution in [0.25, 0.3) is 0 Å². The summed E-state index contributed by atoms with van der Waals surface area (Å²) in [6.45, 7) is -0.936. The highest BCUT2D eigenvalue weighted by atomic mass is 19.3. The lowest BCUT2D eigenvalue weighted by molar-refractivity contribution is -0.0504. The third kappa shape index (κ3) is 4.38. The van der Waals surface area contributed by atoms with Gasteiger partial charge in [-0.3, -0.25) is 0 Å². The van der Waals surface area contributed by atoms with Gasteiger partial charge in [-0.2, -0.15) is 8.78 Å². The van der Waals surface area contributed by atoms with E-state index in [4.69, 9.17) is 0 Å². The first kappa shape index (κ1) is 16.7. The zero-order valence-electron chi connectivity index (χ0n) is 12.7. The van der Waals surface area contributed by atoms with Gasteiger partial charge in [0.05, 0.1) is 18.4 Å². The summed E-state index contributed by atoms with van der Waals surface area (Å²) in [6, 6.07) is 9.72. The Hall–Kier alpha value is -2.70. The van der Waals surface area contributed by atoms with Crippen molar-refractivity contribution in [2.45, 2.75) is 20.1 Å². The van der Waals surface area contributed by atoms with Crippen LogP contribution < -0.4 is 10.1 Å². The van der Waals surface area contributed by atoms with E-state index >= 15 is 0 Å². The summed E-state index contributed by atoms with van der Waals surface area (Å²) < 4.78 is 33.9. The number of aromatic nitrogens is 1. The molecule has 0 saturated carbocycles. The van der Waals surface area contributed by atoms with Crippen molar-refractivity contribution in [3.05, 3.63) is 53.2 Å². The first-order chi connectivity index (χ1) is 11.0. The summed E-state index contributed by atoms with van der Waals surface area (Å²) in [7, 11) is 1.30. The number of carbonyl (C=O) groups is 1. The van der Waals surface area contributed by atoms with Crippen molar-refractivity contribution >= 4 is 11.8 Å². The number of anilines is 1. The minimum Gasteiger partial charge on any atom is -0.465 e. The predicted molar refractivity (Wildman–Crippen MR) is 80.7 cm³/mol. The molecule has 122 valence electrons. The number of nitrogens with zero attached hydrogens (tertiary/aromatic N) is 1. The number of pyridine rings is 1. The fraction of sp³-hybridized carbons (Fsp3) is 0.250. The molecular formula is C16H16F2N2O3. The fourth-order valence-corrected chi connectivity index (χ4v) is 2.03. The molecule has 0 radical (unpaired) electrons. The minimum absolute atomic E-state index is 0.109. The standard InChI is InChI=1S/C16H16F2N2O3/c1-10-12(15(21)22-2)7-8-14(20-10)19-9-11-5-3-4-6-13(11)23-16(17)18/h3-8,16H,9H2,1-2H3,(H,19,20). The number of hydrogen-bond donors (Lipinski definition) is 1. The van der Waals surface area contributed by atoms with E-state index in [1.54, 1.807) is 37.3 Å². The second-order valence-corrected chi connectivity index (χ2v) is 4.66. The molecule has 1 aromatic heterocycles. The van der Waals surface area contributed by atoms with Gasteiger partial charge in [0.25, 0.3) is 0 Å². The van der Waals surface area contributed by atoms with Crippen LogP contribution in [0.1, 0.15) is 21.6 Å². The quantitative estimate of drug-likeness (QED) is 0.826. The smallest absolute Gasteiger partial charge is 0.387 e. The number of aryl methyl sites for hydroxylation is 1. The number of ether oxygens (including phenoxy) is 2. The van der Waals surface area contributed by atoms with Gasteiger partial charge in [0.1, 0.15) is 11.6 Å². The Labute approximate surface area is 132 Å². The Morgan fingerprint density at radius 3 is 2.65 bits per heavy atom. The van der Waals surface area contributed by atoms with Crippen LogP contribution >= 0.6 is 0 Å². The van der Waals surface area contributed by atoms with Crippen molar-refractivity contribution in [2.24, 2.45) is 0 Å². The van der Waals surface area contributed by atoms with Crippen molar-refractivity contribution in [3.63, 3.8) is 0 Å². The third-order valence-electron chi connectivity index (χ3n) is 3.14. The van der Waals surface area contributed by atoms with E-state index in [-0.39, 0.29) is 12.3 Å². The zero-order chi connectivity index (χ0) is 16.8. The van der Waals surface area contributed by atoms with Crippen molar-refractivity contribution in [1.82, 2.24) is 4.98 Å². The topological polar surface area (TPSA) is 60.5 Å². The van der Waals surface area contributed by atoms with Gasteiger partial charge < -0.3 is 14.8 Å². The molecular weight excluding hydrogens is 306 g/mol. The van der Waals surface area contributed by atoms with Crippen LogP contribution in [0.3, 0.4) is 0 Å². The average Bonchev–Trinajstić information content (AvgIpc) is 2.53. The molecule has 5 nitrogen and oxygen atoms in total. The number of alkyl halides is 2. The van der Waals surface area contributed by atoms with Crippen LogP contribution in [-0.2, 0) is 11.3 Å². The highest BCUT2D eigenvalue weighted by molar-refractivity contribution is 5.90. The Morgan fingerprint density at radius 2 is 2.00 bits per heavy atom. The molecule has 1 aromatic carbocycles. The molecule has 2 aromatic rings. The van der Waals surface area contributed by atoms with Crippen LogP contribution in [0.2, 0.25) is 0 Å². The summed E-state index contributed by atoms with van der Waals surface area (Å²) in [5.74, 6) is 0.164. The third-order valence-corrected chi connectivity index (χ3v) is 3.14. The van der Waals surface area contributed by atoms with Gasteiger partial charge in [0.2, 0.25) is 0 Å². The summed E-state index contributed by atoms with van der Waals surface area (Å²) in [6.07, 6.45) is 0. The van der Waals surface area contributed by atoms with Crippen LogP contribution in [-0.4, -0.2) is 24.7 Å². The first-order valence-electron chi connectivity index (χ1n) is 6.84. The zero-order valence-corrected chi connectivity index (χ0v) is 12.7. The summed E-state index contributed by atoms with van der Waals surface area (Å²) >= 11 is 0. The Bertz CT molecular complexity index is 693. The highest BCUT2D eigenvalue weighted by Crippen LogP contribution is 2.21. The molecule has 0 fully saturated rings. The minimum atomic E-state index is -2.88.